The van der Waals surface area contributed by atoms with Crippen molar-refractivity contribution < 1.29 is 9.59 Å². The molecule has 3 aromatic rings. The third-order valence-electron chi connectivity index (χ3n) is 3.71. The van der Waals surface area contributed by atoms with Crippen molar-refractivity contribution in [2.45, 2.75) is 11.9 Å². The van der Waals surface area contributed by atoms with Gasteiger partial charge in [-0.15, -0.1) is 0 Å². The largest absolute Gasteiger partial charge is 0.325 e. The molecule has 0 aliphatic rings. The SMILES string of the molecule is CNNC(=O)c1ccc(NC(=O)CSc2nc3ccccc3nc2C)cc1. The zero-order valence-corrected chi connectivity index (χ0v) is 15.8. The maximum absolute atomic E-state index is 12.2. The third kappa shape index (κ3) is 4.81. The maximum atomic E-state index is 12.2. The van der Waals surface area contributed by atoms with Gasteiger partial charge in [-0.3, -0.25) is 15.0 Å². The first-order valence-corrected chi connectivity index (χ1v) is 9.28. The molecule has 2 aromatic carbocycles. The van der Waals surface area contributed by atoms with E-state index in [9.17, 15) is 9.59 Å². The number of nitrogens with zero attached hydrogens (tertiary/aromatic N) is 2. The summed E-state index contributed by atoms with van der Waals surface area (Å²) in [5.41, 5.74) is 8.63. The highest BCUT2D eigenvalue weighted by Gasteiger charge is 2.10. The lowest BCUT2D eigenvalue weighted by Crippen LogP contribution is -2.34. The maximum Gasteiger partial charge on any atom is 0.265 e. The van der Waals surface area contributed by atoms with E-state index in [1.54, 1.807) is 31.3 Å². The zero-order chi connectivity index (χ0) is 19.2. The van der Waals surface area contributed by atoms with Crippen molar-refractivity contribution in [2.75, 3.05) is 18.1 Å². The Balaban J connectivity index is 1.60. The molecule has 0 radical (unpaired) electrons. The number of carbonyl (C=O) groups is 2. The Bertz CT molecular complexity index is 976. The van der Waals surface area contributed by atoms with Gasteiger partial charge in [0.25, 0.3) is 5.91 Å². The fourth-order valence-corrected chi connectivity index (χ4v) is 3.19. The smallest absolute Gasteiger partial charge is 0.265 e. The second-order valence-electron chi connectivity index (χ2n) is 5.72. The van der Waals surface area contributed by atoms with Gasteiger partial charge in [-0.25, -0.2) is 15.4 Å². The molecule has 0 fully saturated rings. The van der Waals surface area contributed by atoms with Crippen molar-refractivity contribution in [3.63, 3.8) is 0 Å². The van der Waals surface area contributed by atoms with Crippen LogP contribution in [-0.2, 0) is 4.79 Å². The van der Waals surface area contributed by atoms with Gasteiger partial charge in [0.1, 0.15) is 5.03 Å². The summed E-state index contributed by atoms with van der Waals surface area (Å²) in [5, 5.41) is 3.55. The number of para-hydroxylation sites is 2. The Morgan fingerprint density at radius 3 is 2.33 bits per heavy atom. The first-order chi connectivity index (χ1) is 13.1. The van der Waals surface area contributed by atoms with Crippen molar-refractivity contribution in [2.24, 2.45) is 0 Å². The fraction of sp³-hybridized carbons (Fsp3) is 0.158. The van der Waals surface area contributed by atoms with E-state index >= 15 is 0 Å². The molecule has 0 atom stereocenters. The molecular weight excluding hydrogens is 362 g/mol. The molecule has 27 heavy (non-hydrogen) atoms. The molecule has 1 heterocycles. The average molecular weight is 381 g/mol. The minimum atomic E-state index is -0.240. The molecule has 0 spiro atoms. The van der Waals surface area contributed by atoms with Crippen LogP contribution < -0.4 is 16.2 Å². The quantitative estimate of drug-likeness (QED) is 0.449. The van der Waals surface area contributed by atoms with Crippen molar-refractivity contribution in [1.29, 1.82) is 0 Å². The predicted molar refractivity (Wildman–Crippen MR) is 107 cm³/mol. The lowest BCUT2D eigenvalue weighted by atomic mass is 10.2. The number of thioether (sulfide) groups is 1. The summed E-state index contributed by atoms with van der Waals surface area (Å²) >= 11 is 1.35. The molecule has 7 nitrogen and oxygen atoms in total. The van der Waals surface area contributed by atoms with Gasteiger partial charge in [-0.1, -0.05) is 23.9 Å². The predicted octanol–water partition coefficient (Wildman–Crippen LogP) is 2.53. The van der Waals surface area contributed by atoms with E-state index < -0.39 is 0 Å². The lowest BCUT2D eigenvalue weighted by Gasteiger charge is -2.08. The van der Waals surface area contributed by atoms with Crippen molar-refractivity contribution in [1.82, 2.24) is 20.8 Å². The molecule has 1 aromatic heterocycles. The van der Waals surface area contributed by atoms with Crippen molar-refractivity contribution in [3.05, 3.63) is 59.8 Å². The summed E-state index contributed by atoms with van der Waals surface area (Å²) in [6, 6.07) is 14.3. The number of nitrogens with one attached hydrogen (secondary N) is 3. The topological polar surface area (TPSA) is 96.0 Å². The fourth-order valence-electron chi connectivity index (χ4n) is 2.43. The van der Waals surface area contributed by atoms with Crippen molar-refractivity contribution in [3.8, 4) is 0 Å². The Morgan fingerprint density at radius 1 is 1.00 bits per heavy atom. The number of fused-ring (bicyclic) bond motifs is 1. The van der Waals surface area contributed by atoms with Gasteiger partial charge in [0.15, 0.2) is 0 Å². The van der Waals surface area contributed by atoms with E-state index in [4.69, 9.17) is 0 Å². The molecule has 138 valence electrons. The number of anilines is 1. The summed E-state index contributed by atoms with van der Waals surface area (Å²) in [6.45, 7) is 1.88. The number of aromatic nitrogens is 2. The number of rotatable bonds is 6. The van der Waals surface area contributed by atoms with Crippen LogP contribution in [0.1, 0.15) is 16.1 Å². The van der Waals surface area contributed by atoms with E-state index in [0.29, 0.717) is 11.3 Å². The van der Waals surface area contributed by atoms with Gasteiger partial charge in [-0.05, 0) is 43.3 Å². The van der Waals surface area contributed by atoms with Crippen LogP contribution in [0.25, 0.3) is 11.0 Å². The van der Waals surface area contributed by atoms with Crippen LogP contribution in [0.2, 0.25) is 0 Å². The molecule has 0 bridgehead atoms. The van der Waals surface area contributed by atoms with Crippen LogP contribution in [0.5, 0.6) is 0 Å². The van der Waals surface area contributed by atoms with Crippen LogP contribution in [-0.4, -0.2) is 34.6 Å². The second kappa shape index (κ2) is 8.61. The molecular formula is C19H19N5O2S. The van der Waals surface area contributed by atoms with Gasteiger partial charge in [-0.2, -0.15) is 0 Å². The number of benzene rings is 2. The standard InChI is InChI=1S/C19H19N5O2S/c1-12-19(23-16-6-4-3-5-15(16)21-12)27-11-17(25)22-14-9-7-13(8-10-14)18(26)24-20-2/h3-10,20H,11H2,1-2H3,(H,22,25)(H,24,26). The molecule has 3 N–H and O–H groups in total. The number of amides is 2. The van der Waals surface area contributed by atoms with Crippen LogP contribution in [0.4, 0.5) is 5.69 Å². The molecule has 3 rings (SSSR count). The van der Waals surface area contributed by atoms with Gasteiger partial charge in [0.2, 0.25) is 5.91 Å². The minimum absolute atomic E-state index is 0.151. The van der Waals surface area contributed by atoms with Crippen LogP contribution in [0, 0.1) is 6.92 Å². The Kier molecular flexibility index (Phi) is 6.00. The zero-order valence-electron chi connectivity index (χ0n) is 14.9. The van der Waals surface area contributed by atoms with Gasteiger partial charge >= 0.3 is 0 Å². The first-order valence-electron chi connectivity index (χ1n) is 8.30. The number of carbonyl (C=O) groups excluding carboxylic acids is 2. The minimum Gasteiger partial charge on any atom is -0.325 e. The average Bonchev–Trinajstić information content (AvgIpc) is 2.67. The van der Waals surface area contributed by atoms with Crippen LogP contribution in [0.3, 0.4) is 0 Å². The van der Waals surface area contributed by atoms with Crippen molar-refractivity contribution >= 4 is 40.3 Å². The molecule has 8 heteroatoms. The number of aryl methyl sites for hydroxylation is 1. The number of hydrogen-bond donors (Lipinski definition) is 3. The van der Waals surface area contributed by atoms with E-state index in [0.717, 1.165) is 21.8 Å². The summed E-state index contributed by atoms with van der Waals surface area (Å²) in [7, 11) is 1.62. The van der Waals surface area contributed by atoms with E-state index in [1.807, 2.05) is 31.2 Å². The molecule has 0 saturated heterocycles. The second-order valence-corrected chi connectivity index (χ2v) is 6.69. The number of hydrogen-bond acceptors (Lipinski definition) is 6. The molecule has 0 aliphatic heterocycles. The molecule has 0 unspecified atom stereocenters. The molecule has 0 aliphatic carbocycles. The van der Waals surface area contributed by atoms with Gasteiger partial charge in [0.05, 0.1) is 22.5 Å². The van der Waals surface area contributed by atoms with E-state index in [1.165, 1.54) is 11.8 Å². The first kappa shape index (κ1) is 18.8. The highest BCUT2D eigenvalue weighted by atomic mass is 32.2. The monoisotopic (exact) mass is 381 g/mol. The van der Waals surface area contributed by atoms with Gasteiger partial charge < -0.3 is 5.32 Å². The Morgan fingerprint density at radius 2 is 1.67 bits per heavy atom. The summed E-state index contributed by atoms with van der Waals surface area (Å²) in [4.78, 5) is 33.0. The molecule has 0 saturated carbocycles. The van der Waals surface area contributed by atoms with Crippen LogP contribution in [0.15, 0.2) is 53.6 Å². The lowest BCUT2D eigenvalue weighted by molar-refractivity contribution is -0.113. The third-order valence-corrected chi connectivity index (χ3v) is 4.78. The Labute approximate surface area is 161 Å². The summed E-state index contributed by atoms with van der Waals surface area (Å²) < 4.78 is 0. The summed E-state index contributed by atoms with van der Waals surface area (Å²) in [5.74, 6) is -0.173. The summed E-state index contributed by atoms with van der Waals surface area (Å²) in [6.07, 6.45) is 0. The van der Waals surface area contributed by atoms with E-state index in [2.05, 4.69) is 26.1 Å². The van der Waals surface area contributed by atoms with Crippen LogP contribution >= 0.6 is 11.8 Å². The van der Waals surface area contributed by atoms with Gasteiger partial charge in [0, 0.05) is 18.3 Å². The molecule has 2 amide bonds. The highest BCUT2D eigenvalue weighted by Crippen LogP contribution is 2.22. The normalized spacial score (nSPS) is 10.6. The Hall–Kier alpha value is -2.97. The number of hydrazine groups is 1. The highest BCUT2D eigenvalue weighted by molar-refractivity contribution is 8.00. The van der Waals surface area contributed by atoms with E-state index in [-0.39, 0.29) is 17.6 Å².